The summed E-state index contributed by atoms with van der Waals surface area (Å²) in [5.41, 5.74) is 1.61. The number of likely N-dealkylation sites (tertiary alicyclic amines) is 1. The molecule has 4 rings (SSSR count). The quantitative estimate of drug-likeness (QED) is 0.733. The number of para-hydroxylation sites is 1. The van der Waals surface area contributed by atoms with Gasteiger partial charge in [0.25, 0.3) is 10.0 Å². The maximum atomic E-state index is 13.3. The van der Waals surface area contributed by atoms with E-state index in [1.54, 1.807) is 18.2 Å². The molecule has 0 unspecified atom stereocenters. The molecule has 6 nitrogen and oxygen atoms in total. The van der Waals surface area contributed by atoms with Gasteiger partial charge in [0, 0.05) is 36.8 Å². The fraction of sp³-hybridized carbons (Fsp3) is 0.391. The molecular weight excluding hydrogens is 398 g/mol. The largest absolute Gasteiger partial charge is 0.355 e. The summed E-state index contributed by atoms with van der Waals surface area (Å²) in [7, 11) is -3.62. The van der Waals surface area contributed by atoms with E-state index in [9.17, 15) is 13.2 Å². The number of hydrogen-bond acceptors (Lipinski definition) is 4. The van der Waals surface area contributed by atoms with Crippen molar-refractivity contribution in [3.05, 3.63) is 60.2 Å². The highest BCUT2D eigenvalue weighted by Crippen LogP contribution is 2.30. The number of hydrogen-bond donors (Lipinski definition) is 0. The Labute approximate surface area is 178 Å². The predicted octanol–water partition coefficient (Wildman–Crippen LogP) is 3.68. The Kier molecular flexibility index (Phi) is 5.90. The van der Waals surface area contributed by atoms with Crippen molar-refractivity contribution in [2.45, 2.75) is 37.5 Å². The van der Waals surface area contributed by atoms with E-state index in [0.29, 0.717) is 37.3 Å². The first-order valence-electron chi connectivity index (χ1n) is 10.6. The van der Waals surface area contributed by atoms with Crippen molar-refractivity contribution in [2.24, 2.45) is 10.3 Å². The second-order valence-electron chi connectivity index (χ2n) is 7.83. The minimum atomic E-state index is -3.62. The van der Waals surface area contributed by atoms with Crippen LogP contribution in [0.1, 0.15) is 38.2 Å². The lowest BCUT2D eigenvalue weighted by molar-refractivity contribution is -0.123. The average molecular weight is 426 g/mol. The maximum absolute atomic E-state index is 13.3. The number of rotatable bonds is 5. The van der Waals surface area contributed by atoms with E-state index in [1.165, 1.54) is 0 Å². The Morgan fingerprint density at radius 2 is 1.73 bits per heavy atom. The zero-order valence-corrected chi connectivity index (χ0v) is 18.0. The predicted molar refractivity (Wildman–Crippen MR) is 118 cm³/mol. The van der Waals surface area contributed by atoms with E-state index in [-0.39, 0.29) is 16.7 Å². The lowest BCUT2D eigenvalue weighted by Crippen LogP contribution is -2.44. The van der Waals surface area contributed by atoms with Gasteiger partial charge in [-0.1, -0.05) is 43.7 Å². The van der Waals surface area contributed by atoms with Gasteiger partial charge in [0.1, 0.15) is 4.90 Å². The molecule has 0 saturated carbocycles. The summed E-state index contributed by atoms with van der Waals surface area (Å²) in [6, 6.07) is 16.8. The van der Waals surface area contributed by atoms with Gasteiger partial charge in [0.15, 0.2) is 5.84 Å². The van der Waals surface area contributed by atoms with Gasteiger partial charge in [-0.2, -0.15) is 8.42 Å². The number of benzene rings is 2. The Bertz CT molecular complexity index is 1040. The number of piperidine rings is 1. The summed E-state index contributed by atoms with van der Waals surface area (Å²) in [5, 5.41) is 0. The number of amides is 1. The van der Waals surface area contributed by atoms with Crippen LogP contribution < -0.4 is 4.90 Å². The molecule has 1 amide bonds. The van der Waals surface area contributed by atoms with Crippen molar-refractivity contribution in [2.75, 3.05) is 24.5 Å². The monoisotopic (exact) mass is 425 g/mol. The lowest BCUT2D eigenvalue weighted by atomic mass is 9.94. The molecule has 0 N–H and O–H groups in total. The topological polar surface area (TPSA) is 70.1 Å². The maximum Gasteiger partial charge on any atom is 0.285 e. The summed E-state index contributed by atoms with van der Waals surface area (Å²) in [4.78, 5) is 17.5. The van der Waals surface area contributed by atoms with Gasteiger partial charge >= 0.3 is 0 Å². The van der Waals surface area contributed by atoms with Crippen molar-refractivity contribution >= 4 is 27.5 Å². The third kappa shape index (κ3) is 3.99. The van der Waals surface area contributed by atoms with Crippen molar-refractivity contribution < 1.29 is 13.2 Å². The third-order valence-corrected chi connectivity index (χ3v) is 7.15. The van der Waals surface area contributed by atoms with Gasteiger partial charge in [-0.05, 0) is 43.5 Å². The van der Waals surface area contributed by atoms with Crippen molar-refractivity contribution in [1.82, 2.24) is 4.90 Å². The number of anilines is 1. The molecule has 1 fully saturated rings. The zero-order valence-electron chi connectivity index (χ0n) is 17.2. The van der Waals surface area contributed by atoms with Crippen LogP contribution in [0.5, 0.6) is 0 Å². The SMILES string of the molecule is CCCCN(C(=O)C1CCN(C2=NS(=O)(=O)c3ccccc32)CC1)c1ccccc1. The fourth-order valence-corrected chi connectivity index (χ4v) is 5.39. The minimum absolute atomic E-state index is 0.0628. The number of fused-ring (bicyclic) bond motifs is 1. The average Bonchev–Trinajstić information content (AvgIpc) is 3.06. The molecule has 0 aromatic heterocycles. The standard InChI is InChI=1S/C23H27N3O3S/c1-2-3-15-26(19-9-5-4-6-10-19)23(27)18-13-16-25(17-14-18)22-20-11-7-8-12-21(20)30(28,29)24-22/h4-12,18H,2-3,13-17H2,1H3. The summed E-state index contributed by atoms with van der Waals surface area (Å²) >= 11 is 0. The number of carbonyl (C=O) groups excluding carboxylic acids is 1. The van der Waals surface area contributed by atoms with Gasteiger partial charge in [-0.15, -0.1) is 4.40 Å². The normalized spacial score (nSPS) is 18.0. The molecular formula is C23H27N3O3S. The van der Waals surface area contributed by atoms with E-state index in [4.69, 9.17) is 0 Å². The minimum Gasteiger partial charge on any atom is -0.355 e. The van der Waals surface area contributed by atoms with Crippen LogP contribution >= 0.6 is 0 Å². The highest BCUT2D eigenvalue weighted by atomic mass is 32.2. The van der Waals surface area contributed by atoms with E-state index in [0.717, 1.165) is 25.1 Å². The van der Waals surface area contributed by atoms with Crippen LogP contribution in [0.2, 0.25) is 0 Å². The van der Waals surface area contributed by atoms with Crippen molar-refractivity contribution in [3.8, 4) is 0 Å². The van der Waals surface area contributed by atoms with Gasteiger partial charge < -0.3 is 9.80 Å². The van der Waals surface area contributed by atoms with Gasteiger partial charge in [-0.3, -0.25) is 4.79 Å². The lowest BCUT2D eigenvalue weighted by Gasteiger charge is -2.35. The van der Waals surface area contributed by atoms with E-state index < -0.39 is 10.0 Å². The first-order chi connectivity index (χ1) is 14.5. The van der Waals surface area contributed by atoms with E-state index >= 15 is 0 Å². The smallest absolute Gasteiger partial charge is 0.285 e. The number of sulfonamides is 1. The molecule has 0 spiro atoms. The number of nitrogens with zero attached hydrogens (tertiary/aromatic N) is 3. The van der Waals surface area contributed by atoms with Crippen LogP contribution in [-0.2, 0) is 14.8 Å². The van der Waals surface area contributed by atoms with Crippen LogP contribution in [0, 0.1) is 5.92 Å². The van der Waals surface area contributed by atoms with E-state index in [2.05, 4.69) is 11.3 Å². The summed E-state index contributed by atoms with van der Waals surface area (Å²) in [6.45, 7) is 4.09. The molecule has 2 heterocycles. The Hall–Kier alpha value is -2.67. The van der Waals surface area contributed by atoms with Crippen molar-refractivity contribution in [3.63, 3.8) is 0 Å². The fourth-order valence-electron chi connectivity index (χ4n) is 4.17. The Morgan fingerprint density at radius 3 is 2.43 bits per heavy atom. The molecule has 30 heavy (non-hydrogen) atoms. The Morgan fingerprint density at radius 1 is 1.07 bits per heavy atom. The van der Waals surface area contributed by atoms with Crippen LogP contribution in [0.15, 0.2) is 63.9 Å². The first-order valence-corrected chi connectivity index (χ1v) is 12.0. The molecule has 0 radical (unpaired) electrons. The molecule has 1 saturated heterocycles. The molecule has 2 aromatic rings. The molecule has 7 heteroatoms. The van der Waals surface area contributed by atoms with Gasteiger partial charge in [0.2, 0.25) is 5.91 Å². The van der Waals surface area contributed by atoms with Gasteiger partial charge in [0.05, 0.1) is 0 Å². The molecule has 0 atom stereocenters. The summed E-state index contributed by atoms with van der Waals surface area (Å²) in [5.74, 6) is 0.616. The molecule has 0 bridgehead atoms. The molecule has 2 aliphatic heterocycles. The number of amidine groups is 1. The van der Waals surface area contributed by atoms with Crippen LogP contribution in [0.4, 0.5) is 5.69 Å². The van der Waals surface area contributed by atoms with Crippen LogP contribution in [0.25, 0.3) is 0 Å². The molecule has 2 aromatic carbocycles. The Balaban J connectivity index is 1.47. The summed E-state index contributed by atoms with van der Waals surface area (Å²) in [6.07, 6.45) is 3.37. The molecule has 2 aliphatic rings. The van der Waals surface area contributed by atoms with Crippen LogP contribution in [-0.4, -0.2) is 44.7 Å². The highest BCUT2D eigenvalue weighted by molar-refractivity contribution is 7.90. The summed E-state index contributed by atoms with van der Waals surface area (Å²) < 4.78 is 28.7. The van der Waals surface area contributed by atoms with Gasteiger partial charge in [-0.25, -0.2) is 0 Å². The molecule has 0 aliphatic carbocycles. The zero-order chi connectivity index (χ0) is 21.1. The molecule has 158 valence electrons. The van der Waals surface area contributed by atoms with Crippen LogP contribution in [0.3, 0.4) is 0 Å². The third-order valence-electron chi connectivity index (χ3n) is 5.83. The number of unbranched alkanes of at least 4 members (excludes halogenated alkanes) is 1. The second-order valence-corrected chi connectivity index (χ2v) is 9.40. The highest BCUT2D eigenvalue weighted by Gasteiger charge is 2.35. The second kappa shape index (κ2) is 8.60. The van der Waals surface area contributed by atoms with E-state index in [1.807, 2.05) is 46.2 Å². The number of carbonyl (C=O) groups is 1. The van der Waals surface area contributed by atoms with Crippen molar-refractivity contribution in [1.29, 1.82) is 0 Å². The first kappa shape index (κ1) is 20.6.